The molecule has 1 aliphatic rings. The number of nitrogens with one attached hydrogen (secondary N) is 1. The molecule has 0 radical (unpaired) electrons. The zero-order valence-electron chi connectivity index (χ0n) is 18.6. The number of carbonyl (C=O) groups excluding carboxylic acids is 2. The van der Waals surface area contributed by atoms with Crippen LogP contribution in [0.2, 0.25) is 10.0 Å². The summed E-state index contributed by atoms with van der Waals surface area (Å²) in [6, 6.07) is 12.2. The molecule has 3 rings (SSSR count). The van der Waals surface area contributed by atoms with Crippen molar-refractivity contribution in [3.63, 3.8) is 0 Å². The molecule has 5 nitrogen and oxygen atoms in total. The van der Waals surface area contributed by atoms with Crippen molar-refractivity contribution in [2.45, 2.75) is 64.1 Å². The molecule has 2 amide bonds. The van der Waals surface area contributed by atoms with Crippen LogP contribution < -0.4 is 10.1 Å². The van der Waals surface area contributed by atoms with Crippen molar-refractivity contribution in [1.29, 1.82) is 0 Å². The number of carbonyl (C=O) groups is 2. The lowest BCUT2D eigenvalue weighted by Gasteiger charge is -2.32. The van der Waals surface area contributed by atoms with Gasteiger partial charge in [-0.1, -0.05) is 61.2 Å². The van der Waals surface area contributed by atoms with Crippen molar-refractivity contribution in [1.82, 2.24) is 10.2 Å². The number of hydrogen-bond donors (Lipinski definition) is 1. The van der Waals surface area contributed by atoms with Gasteiger partial charge in [0.15, 0.2) is 0 Å². The molecule has 0 aromatic heterocycles. The summed E-state index contributed by atoms with van der Waals surface area (Å²) in [4.78, 5) is 28.3. The average Bonchev–Trinajstić information content (AvgIpc) is 3.29. The van der Waals surface area contributed by atoms with E-state index in [4.69, 9.17) is 27.9 Å². The molecule has 7 heteroatoms. The molecule has 1 unspecified atom stereocenters. The molecule has 0 bridgehead atoms. The summed E-state index contributed by atoms with van der Waals surface area (Å²) in [5.41, 5.74) is 1.49. The van der Waals surface area contributed by atoms with Crippen molar-refractivity contribution in [2.75, 3.05) is 7.11 Å². The molecule has 1 N–H and O–H groups in total. The van der Waals surface area contributed by atoms with Crippen molar-refractivity contribution in [2.24, 2.45) is 0 Å². The zero-order chi connectivity index (χ0) is 23.1. The van der Waals surface area contributed by atoms with Crippen LogP contribution in [0.25, 0.3) is 0 Å². The van der Waals surface area contributed by atoms with Gasteiger partial charge in [-0.15, -0.1) is 0 Å². The predicted molar refractivity (Wildman–Crippen MR) is 128 cm³/mol. The van der Waals surface area contributed by atoms with E-state index in [0.717, 1.165) is 37.0 Å². The highest BCUT2D eigenvalue weighted by atomic mass is 35.5. The minimum atomic E-state index is -0.603. The van der Waals surface area contributed by atoms with E-state index in [1.54, 1.807) is 30.2 Å². The zero-order valence-corrected chi connectivity index (χ0v) is 20.1. The van der Waals surface area contributed by atoms with Crippen LogP contribution in [-0.4, -0.2) is 35.9 Å². The Balaban J connectivity index is 1.85. The number of rotatable bonds is 9. The van der Waals surface area contributed by atoms with Crippen LogP contribution in [0.5, 0.6) is 5.75 Å². The van der Waals surface area contributed by atoms with E-state index in [9.17, 15) is 9.59 Å². The van der Waals surface area contributed by atoms with Crippen molar-refractivity contribution >= 4 is 35.0 Å². The van der Waals surface area contributed by atoms with E-state index in [2.05, 4.69) is 5.32 Å². The largest absolute Gasteiger partial charge is 0.497 e. The third-order valence-corrected chi connectivity index (χ3v) is 6.70. The molecule has 1 aliphatic carbocycles. The van der Waals surface area contributed by atoms with Crippen LogP contribution >= 0.6 is 23.2 Å². The fraction of sp³-hybridized carbons (Fsp3) is 0.440. The molecular weight excluding hydrogens is 447 g/mol. The third-order valence-electron chi connectivity index (χ3n) is 5.99. The Morgan fingerprint density at radius 1 is 1.09 bits per heavy atom. The molecule has 1 fully saturated rings. The lowest BCUT2D eigenvalue weighted by Crippen LogP contribution is -2.51. The number of benzene rings is 2. The van der Waals surface area contributed by atoms with E-state index < -0.39 is 6.04 Å². The first kappa shape index (κ1) is 24.4. The number of methoxy groups -OCH3 is 1. The van der Waals surface area contributed by atoms with Gasteiger partial charge in [-0.3, -0.25) is 9.59 Å². The maximum Gasteiger partial charge on any atom is 0.243 e. The lowest BCUT2D eigenvalue weighted by atomic mass is 10.1. The third kappa shape index (κ3) is 6.17. The van der Waals surface area contributed by atoms with Gasteiger partial charge in [-0.25, -0.2) is 0 Å². The molecule has 0 heterocycles. The van der Waals surface area contributed by atoms with Gasteiger partial charge in [-0.2, -0.15) is 0 Å². The number of amides is 2. The molecule has 32 heavy (non-hydrogen) atoms. The van der Waals surface area contributed by atoms with E-state index in [-0.39, 0.29) is 30.8 Å². The highest BCUT2D eigenvalue weighted by Gasteiger charge is 2.31. The molecule has 0 saturated heterocycles. The molecular formula is C25H30Cl2N2O3. The fourth-order valence-corrected chi connectivity index (χ4v) is 4.68. The maximum atomic E-state index is 13.5. The molecule has 172 valence electrons. The maximum absolute atomic E-state index is 13.5. The van der Waals surface area contributed by atoms with E-state index in [0.29, 0.717) is 22.0 Å². The lowest BCUT2D eigenvalue weighted by molar-refractivity contribution is -0.141. The summed E-state index contributed by atoms with van der Waals surface area (Å²) in [6.07, 6.45) is 4.87. The highest BCUT2D eigenvalue weighted by molar-refractivity contribution is 6.36. The van der Waals surface area contributed by atoms with Gasteiger partial charge >= 0.3 is 0 Å². The van der Waals surface area contributed by atoms with Gasteiger partial charge in [0.1, 0.15) is 11.8 Å². The molecule has 0 spiro atoms. The van der Waals surface area contributed by atoms with Gasteiger partial charge in [-0.05, 0) is 49.1 Å². The average molecular weight is 477 g/mol. The number of halogens is 2. The Labute approximate surface area is 200 Å². The quantitative estimate of drug-likeness (QED) is 0.526. The molecule has 2 aromatic rings. The highest BCUT2D eigenvalue weighted by Crippen LogP contribution is 2.28. The normalized spacial score (nSPS) is 14.8. The van der Waals surface area contributed by atoms with Crippen molar-refractivity contribution in [3.8, 4) is 5.75 Å². The second kappa shape index (κ2) is 11.6. The topological polar surface area (TPSA) is 58.6 Å². The minimum Gasteiger partial charge on any atom is -0.497 e. The monoisotopic (exact) mass is 476 g/mol. The van der Waals surface area contributed by atoms with Crippen LogP contribution in [-0.2, 0) is 22.6 Å². The number of hydrogen-bond acceptors (Lipinski definition) is 3. The van der Waals surface area contributed by atoms with Crippen LogP contribution in [0.1, 0.15) is 50.2 Å². The first-order valence-electron chi connectivity index (χ1n) is 11.1. The van der Waals surface area contributed by atoms with Gasteiger partial charge in [0.25, 0.3) is 0 Å². The van der Waals surface area contributed by atoms with E-state index in [1.807, 2.05) is 31.2 Å². The predicted octanol–water partition coefficient (Wildman–Crippen LogP) is 5.41. The number of nitrogens with zero attached hydrogens (tertiary/aromatic N) is 1. The second-order valence-corrected chi connectivity index (χ2v) is 8.98. The Bertz CT molecular complexity index is 907. The Morgan fingerprint density at radius 3 is 2.28 bits per heavy atom. The van der Waals surface area contributed by atoms with Crippen molar-refractivity contribution in [3.05, 3.63) is 63.6 Å². The second-order valence-electron chi connectivity index (χ2n) is 8.16. The van der Waals surface area contributed by atoms with Crippen LogP contribution in [0, 0.1) is 0 Å². The summed E-state index contributed by atoms with van der Waals surface area (Å²) in [5, 5.41) is 4.10. The smallest absolute Gasteiger partial charge is 0.243 e. The summed E-state index contributed by atoms with van der Waals surface area (Å²) in [6.45, 7) is 2.09. The van der Waals surface area contributed by atoms with Crippen molar-refractivity contribution < 1.29 is 14.3 Å². The molecule has 2 aromatic carbocycles. The summed E-state index contributed by atoms with van der Waals surface area (Å²) >= 11 is 12.8. The van der Waals surface area contributed by atoms with E-state index >= 15 is 0 Å². The van der Waals surface area contributed by atoms with Crippen LogP contribution in [0.15, 0.2) is 42.5 Å². The summed E-state index contributed by atoms with van der Waals surface area (Å²) < 4.78 is 5.20. The van der Waals surface area contributed by atoms with Gasteiger partial charge in [0.05, 0.1) is 13.5 Å². The standard InChI is InChI=1S/C25H30Cl2N2O3/c1-3-23(25(31)28-18-7-4-5-8-18)29(16-20-21(26)9-6-10-22(20)27)24(30)15-17-11-13-19(32-2)14-12-17/h6,9-14,18,23H,3-5,7-8,15-16H2,1-2H3,(H,28,31). The Morgan fingerprint density at radius 2 is 1.72 bits per heavy atom. The first-order valence-corrected chi connectivity index (χ1v) is 11.8. The first-order chi connectivity index (χ1) is 15.4. The van der Waals surface area contributed by atoms with Gasteiger partial charge in [0.2, 0.25) is 11.8 Å². The molecule has 1 saturated carbocycles. The Kier molecular flexibility index (Phi) is 8.83. The van der Waals surface area contributed by atoms with Gasteiger partial charge in [0, 0.05) is 28.2 Å². The molecule has 1 atom stereocenters. The Hall–Kier alpha value is -2.24. The van der Waals surface area contributed by atoms with E-state index in [1.165, 1.54) is 0 Å². The molecule has 0 aliphatic heterocycles. The minimum absolute atomic E-state index is 0.120. The fourth-order valence-electron chi connectivity index (χ4n) is 4.16. The van der Waals surface area contributed by atoms with Crippen LogP contribution in [0.4, 0.5) is 0 Å². The SMILES string of the molecule is CCC(C(=O)NC1CCCC1)N(Cc1c(Cl)cccc1Cl)C(=O)Cc1ccc(OC)cc1. The van der Waals surface area contributed by atoms with Crippen LogP contribution in [0.3, 0.4) is 0 Å². The van der Waals surface area contributed by atoms with Gasteiger partial charge < -0.3 is 15.0 Å². The summed E-state index contributed by atoms with van der Waals surface area (Å²) in [7, 11) is 1.60. The summed E-state index contributed by atoms with van der Waals surface area (Å²) in [5.74, 6) is 0.452. The number of ether oxygens (including phenoxy) is 1.